The number of carboxylic acids is 1. The molecule has 0 atom stereocenters. The summed E-state index contributed by atoms with van der Waals surface area (Å²) in [7, 11) is 0. The zero-order chi connectivity index (χ0) is 18.1. The van der Waals surface area contributed by atoms with Gasteiger partial charge in [-0.3, -0.25) is 14.5 Å². The van der Waals surface area contributed by atoms with E-state index in [-0.39, 0.29) is 17.5 Å². The quantitative estimate of drug-likeness (QED) is 0.784. The summed E-state index contributed by atoms with van der Waals surface area (Å²) in [5.74, 6) is -0.994. The molecule has 0 radical (unpaired) electrons. The number of hydrogen-bond acceptors (Lipinski definition) is 4. The van der Waals surface area contributed by atoms with Gasteiger partial charge in [-0.05, 0) is 18.2 Å². The first-order valence-corrected chi connectivity index (χ1v) is 8.53. The van der Waals surface area contributed by atoms with Crippen LogP contribution in [0.4, 0.5) is 0 Å². The van der Waals surface area contributed by atoms with E-state index in [0.29, 0.717) is 18.7 Å². The maximum Gasteiger partial charge on any atom is 0.338 e. The Balaban J connectivity index is 1.48. The predicted octanol–water partition coefficient (Wildman–Crippen LogP) is 2.61. The number of amides is 1. The Hall–Kier alpha value is -3.22. The van der Waals surface area contributed by atoms with E-state index in [4.69, 9.17) is 5.11 Å². The second-order valence-corrected chi connectivity index (χ2v) is 6.45. The highest BCUT2D eigenvalue weighted by Gasteiger charge is 2.26. The predicted molar refractivity (Wildman–Crippen MR) is 95.1 cm³/mol. The van der Waals surface area contributed by atoms with Crippen molar-refractivity contribution >= 4 is 22.6 Å². The minimum Gasteiger partial charge on any atom is -0.478 e. The lowest BCUT2D eigenvalue weighted by Gasteiger charge is -2.32. The van der Waals surface area contributed by atoms with Crippen LogP contribution in [0.5, 0.6) is 0 Å². The highest BCUT2D eigenvalue weighted by atomic mass is 16.4. The fourth-order valence-corrected chi connectivity index (χ4v) is 3.44. The van der Waals surface area contributed by atoms with Crippen molar-refractivity contribution in [2.24, 2.45) is 0 Å². The third kappa shape index (κ3) is 2.92. The molecule has 1 aliphatic heterocycles. The Morgan fingerprint density at radius 2 is 1.85 bits per heavy atom. The summed E-state index contributed by atoms with van der Waals surface area (Å²) in [5, 5.41) is 15.0. The average Bonchev–Trinajstić information content (AvgIpc) is 3.18. The van der Waals surface area contributed by atoms with Gasteiger partial charge in [-0.2, -0.15) is 5.10 Å². The van der Waals surface area contributed by atoms with E-state index in [1.165, 1.54) is 6.20 Å². The van der Waals surface area contributed by atoms with Crippen LogP contribution in [0.15, 0.2) is 49.1 Å². The van der Waals surface area contributed by atoms with Crippen molar-refractivity contribution in [3.63, 3.8) is 0 Å². The number of piperidine rings is 1. The van der Waals surface area contributed by atoms with Crippen LogP contribution < -0.4 is 0 Å². The van der Waals surface area contributed by atoms with Crippen molar-refractivity contribution < 1.29 is 14.7 Å². The molecule has 1 saturated heterocycles. The summed E-state index contributed by atoms with van der Waals surface area (Å²) in [4.78, 5) is 30.0. The molecule has 0 saturated carbocycles. The van der Waals surface area contributed by atoms with Crippen LogP contribution in [-0.2, 0) is 0 Å². The Labute approximate surface area is 149 Å². The first-order valence-electron chi connectivity index (χ1n) is 8.53. The standard InChI is InChI=1S/C19H18N4O3/c24-18(17-11-20-9-13-3-1-2-4-16(13)17)22-7-5-15(6-8-22)23-12-14(10-21-23)19(25)26/h1-4,9-12,15H,5-8H2,(H,25,26). The fraction of sp³-hybridized carbons (Fsp3) is 0.263. The first-order chi connectivity index (χ1) is 12.6. The van der Waals surface area contributed by atoms with E-state index < -0.39 is 5.97 Å². The molecular formula is C19H18N4O3. The normalized spacial score (nSPS) is 15.3. The lowest BCUT2D eigenvalue weighted by atomic mass is 10.0. The SMILES string of the molecule is O=C(O)c1cnn(C2CCN(C(=O)c3cncc4ccccc34)CC2)c1. The van der Waals surface area contributed by atoms with E-state index in [1.54, 1.807) is 23.3 Å². The highest BCUT2D eigenvalue weighted by molar-refractivity contribution is 6.06. The van der Waals surface area contributed by atoms with E-state index in [1.807, 2.05) is 29.2 Å². The molecule has 0 bridgehead atoms. The average molecular weight is 350 g/mol. The van der Waals surface area contributed by atoms with Gasteiger partial charge in [0.25, 0.3) is 5.91 Å². The van der Waals surface area contributed by atoms with Crippen LogP contribution in [0.2, 0.25) is 0 Å². The molecule has 132 valence electrons. The summed E-state index contributed by atoms with van der Waals surface area (Å²) < 4.78 is 1.70. The molecule has 0 aliphatic carbocycles. The van der Waals surface area contributed by atoms with E-state index in [2.05, 4.69) is 10.1 Å². The largest absolute Gasteiger partial charge is 0.478 e. The third-order valence-corrected chi connectivity index (χ3v) is 4.87. The molecule has 4 rings (SSSR count). The monoisotopic (exact) mass is 350 g/mol. The zero-order valence-electron chi connectivity index (χ0n) is 14.1. The van der Waals surface area contributed by atoms with Crippen LogP contribution in [0.1, 0.15) is 39.6 Å². The number of nitrogens with zero attached hydrogens (tertiary/aromatic N) is 4. The molecule has 3 heterocycles. The lowest BCUT2D eigenvalue weighted by Crippen LogP contribution is -2.39. The van der Waals surface area contributed by atoms with Gasteiger partial charge in [-0.15, -0.1) is 0 Å². The molecule has 3 aromatic rings. The van der Waals surface area contributed by atoms with Crippen LogP contribution in [0, 0.1) is 0 Å². The van der Waals surface area contributed by atoms with Gasteiger partial charge in [0.05, 0.1) is 23.4 Å². The number of aromatic carboxylic acids is 1. The van der Waals surface area contributed by atoms with Crippen LogP contribution in [-0.4, -0.2) is 49.7 Å². The second kappa shape index (κ2) is 6.59. The second-order valence-electron chi connectivity index (χ2n) is 6.45. The van der Waals surface area contributed by atoms with Gasteiger partial charge in [-0.1, -0.05) is 24.3 Å². The molecule has 1 amide bonds. The molecule has 2 aromatic heterocycles. The molecule has 1 aliphatic rings. The summed E-state index contributed by atoms with van der Waals surface area (Å²) in [6.07, 6.45) is 7.79. The Morgan fingerprint density at radius 1 is 1.08 bits per heavy atom. The number of hydrogen-bond donors (Lipinski definition) is 1. The number of carbonyl (C=O) groups excluding carboxylic acids is 1. The van der Waals surface area contributed by atoms with Gasteiger partial charge < -0.3 is 10.0 Å². The molecule has 7 heteroatoms. The number of rotatable bonds is 3. The van der Waals surface area contributed by atoms with Crippen LogP contribution in [0.25, 0.3) is 10.8 Å². The molecular weight excluding hydrogens is 332 g/mol. The molecule has 1 N–H and O–H groups in total. The first kappa shape index (κ1) is 16.3. The Kier molecular flexibility index (Phi) is 4.12. The number of fused-ring (bicyclic) bond motifs is 1. The van der Waals surface area contributed by atoms with Gasteiger partial charge in [0, 0.05) is 37.1 Å². The van der Waals surface area contributed by atoms with E-state index >= 15 is 0 Å². The number of likely N-dealkylation sites (tertiary alicyclic amines) is 1. The summed E-state index contributed by atoms with van der Waals surface area (Å²) in [6, 6.07) is 7.84. The van der Waals surface area contributed by atoms with E-state index in [9.17, 15) is 9.59 Å². The Bertz CT molecular complexity index is 968. The Morgan fingerprint density at radius 3 is 2.58 bits per heavy atom. The molecule has 7 nitrogen and oxygen atoms in total. The number of carbonyl (C=O) groups is 2. The topological polar surface area (TPSA) is 88.3 Å². The molecule has 0 spiro atoms. The van der Waals surface area contributed by atoms with Crippen molar-refractivity contribution in [1.82, 2.24) is 19.7 Å². The maximum absolute atomic E-state index is 12.9. The van der Waals surface area contributed by atoms with Gasteiger partial charge in [0.2, 0.25) is 0 Å². The fourth-order valence-electron chi connectivity index (χ4n) is 3.44. The number of aromatic nitrogens is 3. The zero-order valence-corrected chi connectivity index (χ0v) is 14.1. The smallest absolute Gasteiger partial charge is 0.338 e. The van der Waals surface area contributed by atoms with Gasteiger partial charge in [0.15, 0.2) is 0 Å². The van der Waals surface area contributed by atoms with Crippen LogP contribution in [0.3, 0.4) is 0 Å². The van der Waals surface area contributed by atoms with Crippen LogP contribution >= 0.6 is 0 Å². The van der Waals surface area contributed by atoms with Crippen molar-refractivity contribution in [3.8, 4) is 0 Å². The lowest BCUT2D eigenvalue weighted by molar-refractivity contribution is 0.0689. The number of pyridine rings is 1. The number of benzene rings is 1. The van der Waals surface area contributed by atoms with E-state index in [0.717, 1.165) is 23.6 Å². The minimum absolute atomic E-state index is 0.0144. The summed E-state index contributed by atoms with van der Waals surface area (Å²) in [5.41, 5.74) is 0.805. The number of carboxylic acid groups (broad SMARTS) is 1. The summed E-state index contributed by atoms with van der Waals surface area (Å²) in [6.45, 7) is 1.21. The van der Waals surface area contributed by atoms with Crippen molar-refractivity contribution in [2.45, 2.75) is 18.9 Å². The van der Waals surface area contributed by atoms with Gasteiger partial charge in [-0.25, -0.2) is 4.79 Å². The highest BCUT2D eigenvalue weighted by Crippen LogP contribution is 2.25. The van der Waals surface area contributed by atoms with Gasteiger partial charge in [0.1, 0.15) is 0 Å². The van der Waals surface area contributed by atoms with Gasteiger partial charge >= 0.3 is 5.97 Å². The third-order valence-electron chi connectivity index (χ3n) is 4.87. The summed E-state index contributed by atoms with van der Waals surface area (Å²) >= 11 is 0. The molecule has 1 aromatic carbocycles. The molecule has 1 fully saturated rings. The van der Waals surface area contributed by atoms with Crippen molar-refractivity contribution in [2.75, 3.05) is 13.1 Å². The van der Waals surface area contributed by atoms with Crippen molar-refractivity contribution in [3.05, 3.63) is 60.2 Å². The molecule has 26 heavy (non-hydrogen) atoms. The maximum atomic E-state index is 12.9. The minimum atomic E-state index is -0.979. The van der Waals surface area contributed by atoms with Crippen molar-refractivity contribution in [1.29, 1.82) is 0 Å². The molecule has 0 unspecified atom stereocenters.